The fourth-order valence-electron chi connectivity index (χ4n) is 8.99. The SMILES string of the molecule is CC(=O)Oc1ccc2c3c1OC1C(N(C)C(=O)CCc4cccc(C)c4)CC[C@@]4(OC(C)=O)[C@@H](C2)N(CC2CC2)CC[C@]314. The van der Waals surface area contributed by atoms with E-state index >= 15 is 0 Å². The van der Waals surface area contributed by atoms with E-state index in [4.69, 9.17) is 14.2 Å². The lowest BCUT2D eigenvalue weighted by molar-refractivity contribution is -0.223. The van der Waals surface area contributed by atoms with Crippen molar-refractivity contribution in [2.45, 2.75) is 101 Å². The summed E-state index contributed by atoms with van der Waals surface area (Å²) in [5.41, 5.74) is 3.09. The molecule has 228 valence electrons. The molecule has 1 saturated heterocycles. The third-order valence-corrected chi connectivity index (χ3v) is 10.9. The zero-order chi connectivity index (χ0) is 30.1. The van der Waals surface area contributed by atoms with Crippen molar-refractivity contribution in [3.8, 4) is 11.5 Å². The highest BCUT2D eigenvalue weighted by molar-refractivity contribution is 5.77. The third-order valence-electron chi connectivity index (χ3n) is 10.9. The van der Waals surface area contributed by atoms with Crippen LogP contribution in [-0.4, -0.2) is 71.6 Å². The van der Waals surface area contributed by atoms with Crippen molar-refractivity contribution in [3.05, 3.63) is 58.7 Å². The minimum atomic E-state index is -0.786. The van der Waals surface area contributed by atoms with Crippen LogP contribution in [0.2, 0.25) is 0 Å². The van der Waals surface area contributed by atoms with E-state index in [1.165, 1.54) is 32.3 Å². The highest BCUT2D eigenvalue weighted by atomic mass is 16.6. The van der Waals surface area contributed by atoms with Gasteiger partial charge in [0.15, 0.2) is 11.5 Å². The number of carbonyl (C=O) groups is 3. The lowest BCUT2D eigenvalue weighted by atomic mass is 9.48. The number of hydrogen-bond acceptors (Lipinski definition) is 7. The Bertz CT molecular complexity index is 1480. The first-order valence-corrected chi connectivity index (χ1v) is 15.9. The lowest BCUT2D eigenvalue weighted by Gasteiger charge is -2.65. The average Bonchev–Trinajstić information content (AvgIpc) is 3.70. The van der Waals surface area contributed by atoms with E-state index in [-0.39, 0.29) is 24.0 Å². The van der Waals surface area contributed by atoms with E-state index in [0.29, 0.717) is 43.1 Å². The third kappa shape index (κ3) is 4.47. The summed E-state index contributed by atoms with van der Waals surface area (Å²) >= 11 is 0. The van der Waals surface area contributed by atoms with E-state index in [1.807, 2.05) is 24.1 Å². The fourth-order valence-corrected chi connectivity index (χ4v) is 8.99. The molecule has 2 saturated carbocycles. The smallest absolute Gasteiger partial charge is 0.308 e. The quantitative estimate of drug-likeness (QED) is 0.332. The van der Waals surface area contributed by atoms with Gasteiger partial charge in [-0.25, -0.2) is 0 Å². The van der Waals surface area contributed by atoms with Gasteiger partial charge in [0.1, 0.15) is 11.7 Å². The van der Waals surface area contributed by atoms with Crippen LogP contribution in [0.15, 0.2) is 36.4 Å². The molecule has 1 spiro atoms. The maximum Gasteiger partial charge on any atom is 0.308 e. The Hall–Kier alpha value is -3.39. The molecular formula is C35H42N2O6. The van der Waals surface area contributed by atoms with Gasteiger partial charge in [0.2, 0.25) is 5.91 Å². The van der Waals surface area contributed by atoms with Crippen molar-refractivity contribution in [2.24, 2.45) is 5.92 Å². The van der Waals surface area contributed by atoms with Gasteiger partial charge in [0.05, 0.1) is 17.5 Å². The highest BCUT2D eigenvalue weighted by Crippen LogP contribution is 2.67. The molecule has 0 aromatic heterocycles. The molecule has 2 unspecified atom stereocenters. The van der Waals surface area contributed by atoms with Gasteiger partial charge in [-0.15, -0.1) is 0 Å². The van der Waals surface area contributed by atoms with Crippen molar-refractivity contribution >= 4 is 17.8 Å². The van der Waals surface area contributed by atoms with E-state index in [0.717, 1.165) is 42.6 Å². The van der Waals surface area contributed by atoms with Crippen LogP contribution < -0.4 is 9.47 Å². The molecule has 2 aromatic carbocycles. The number of aryl methyl sites for hydroxylation is 2. The van der Waals surface area contributed by atoms with Crippen LogP contribution in [0.25, 0.3) is 0 Å². The molecule has 2 aromatic rings. The zero-order valence-electron chi connectivity index (χ0n) is 25.7. The second kappa shape index (κ2) is 10.4. The van der Waals surface area contributed by atoms with Gasteiger partial charge < -0.3 is 19.1 Å². The Balaban J connectivity index is 1.29. The van der Waals surface area contributed by atoms with Crippen LogP contribution in [0.4, 0.5) is 0 Å². The molecule has 1 amide bonds. The van der Waals surface area contributed by atoms with E-state index in [2.05, 4.69) is 36.1 Å². The summed E-state index contributed by atoms with van der Waals surface area (Å²) in [7, 11) is 1.89. The molecule has 8 heteroatoms. The number of benzene rings is 2. The number of piperidine rings is 1. The number of nitrogens with zero attached hydrogens (tertiary/aromatic N) is 2. The van der Waals surface area contributed by atoms with Crippen LogP contribution in [0.5, 0.6) is 11.5 Å². The lowest BCUT2D eigenvalue weighted by Crippen LogP contribution is -2.79. The zero-order valence-corrected chi connectivity index (χ0v) is 25.7. The summed E-state index contributed by atoms with van der Waals surface area (Å²) in [6.45, 7) is 6.86. The van der Waals surface area contributed by atoms with Crippen molar-refractivity contribution < 1.29 is 28.6 Å². The molecular weight excluding hydrogens is 544 g/mol. The summed E-state index contributed by atoms with van der Waals surface area (Å²) in [4.78, 5) is 43.3. The molecule has 2 heterocycles. The first kappa shape index (κ1) is 28.4. The van der Waals surface area contributed by atoms with Gasteiger partial charge in [-0.05, 0) is 81.5 Å². The van der Waals surface area contributed by atoms with Gasteiger partial charge in [0, 0.05) is 39.4 Å². The number of esters is 2. The Morgan fingerprint density at radius 3 is 2.60 bits per heavy atom. The monoisotopic (exact) mass is 586 g/mol. The first-order valence-electron chi connectivity index (χ1n) is 15.9. The summed E-state index contributed by atoms with van der Waals surface area (Å²) in [5.74, 6) is 1.06. The molecule has 5 atom stereocenters. The van der Waals surface area contributed by atoms with Gasteiger partial charge >= 0.3 is 11.9 Å². The number of rotatable bonds is 8. The van der Waals surface area contributed by atoms with Crippen molar-refractivity contribution in [3.63, 3.8) is 0 Å². The topological polar surface area (TPSA) is 85.4 Å². The predicted molar refractivity (Wildman–Crippen MR) is 160 cm³/mol. The maximum absolute atomic E-state index is 13.8. The summed E-state index contributed by atoms with van der Waals surface area (Å²) in [5, 5.41) is 0. The van der Waals surface area contributed by atoms with Crippen LogP contribution in [-0.2, 0) is 37.4 Å². The Labute approximate surface area is 253 Å². The molecule has 2 bridgehead atoms. The second-order valence-electron chi connectivity index (χ2n) is 13.5. The molecule has 8 nitrogen and oxygen atoms in total. The van der Waals surface area contributed by atoms with Gasteiger partial charge in [-0.1, -0.05) is 35.9 Å². The number of likely N-dealkylation sites (N-methyl/N-ethyl adjacent to an activating group) is 1. The summed E-state index contributed by atoms with van der Waals surface area (Å²) in [6, 6.07) is 12.0. The fraction of sp³-hybridized carbons (Fsp3) is 0.571. The van der Waals surface area contributed by atoms with E-state index in [9.17, 15) is 14.4 Å². The first-order chi connectivity index (χ1) is 20.6. The number of carbonyl (C=O) groups excluding carboxylic acids is 3. The van der Waals surface area contributed by atoms with Crippen molar-refractivity contribution in [2.75, 3.05) is 20.1 Å². The second-order valence-corrected chi connectivity index (χ2v) is 13.5. The normalized spacial score (nSPS) is 30.2. The average molecular weight is 587 g/mol. The number of amides is 1. The highest BCUT2D eigenvalue weighted by Gasteiger charge is 2.75. The molecule has 0 radical (unpaired) electrons. The number of hydrogen-bond donors (Lipinski definition) is 0. The minimum Gasteiger partial charge on any atom is -0.483 e. The summed E-state index contributed by atoms with van der Waals surface area (Å²) in [6.07, 6.45) is 5.96. The van der Waals surface area contributed by atoms with Gasteiger partial charge in [-0.3, -0.25) is 19.3 Å². The van der Waals surface area contributed by atoms with E-state index < -0.39 is 23.1 Å². The maximum atomic E-state index is 13.8. The molecule has 5 aliphatic rings. The Kier molecular flexibility index (Phi) is 6.84. The van der Waals surface area contributed by atoms with Gasteiger partial charge in [0.25, 0.3) is 0 Å². The van der Waals surface area contributed by atoms with Crippen LogP contribution in [0, 0.1) is 12.8 Å². The molecule has 7 rings (SSSR count). The molecule has 43 heavy (non-hydrogen) atoms. The minimum absolute atomic E-state index is 0.0261. The Morgan fingerprint density at radius 1 is 1.07 bits per heavy atom. The van der Waals surface area contributed by atoms with Crippen molar-refractivity contribution in [1.82, 2.24) is 9.80 Å². The molecule has 2 aliphatic heterocycles. The molecule has 0 N–H and O–H groups in total. The Morgan fingerprint density at radius 2 is 1.88 bits per heavy atom. The van der Waals surface area contributed by atoms with Crippen LogP contribution in [0.3, 0.4) is 0 Å². The molecule has 3 fully saturated rings. The van der Waals surface area contributed by atoms with E-state index in [1.54, 1.807) is 0 Å². The number of ether oxygens (including phenoxy) is 3. The standard InChI is InChI=1S/C35H42N2O6/c1-21-6-5-7-24(18-21)10-13-30(40)36(4)27-14-15-35(43-23(3)39)29-19-26-11-12-28(41-22(2)38)32-31(26)34(35,33(27)42-32)16-17-37(29)20-25-8-9-25/h5-7,11-12,18,25,27,29,33H,8-10,13-17,19-20H2,1-4H3/t27?,29-,33?,34+,35-/m1/s1. The largest absolute Gasteiger partial charge is 0.483 e. The van der Waals surface area contributed by atoms with Crippen molar-refractivity contribution in [1.29, 1.82) is 0 Å². The van der Waals surface area contributed by atoms with Crippen LogP contribution >= 0.6 is 0 Å². The number of likely N-dealkylation sites (tertiary alicyclic amines) is 1. The summed E-state index contributed by atoms with van der Waals surface area (Å²) < 4.78 is 19.2. The predicted octanol–water partition coefficient (Wildman–Crippen LogP) is 4.52. The molecule has 3 aliphatic carbocycles. The van der Waals surface area contributed by atoms with Crippen LogP contribution in [0.1, 0.15) is 74.6 Å². The van der Waals surface area contributed by atoms with Gasteiger partial charge in [-0.2, -0.15) is 0 Å².